The standard InChI is InChI=1S/C14H22N2O/c1-11(2)14-10-16(8-7-15-14)12-5-4-6-13(9-12)17-3/h4-6,9,11,14-15H,7-8,10H2,1-3H3. The molecule has 1 aliphatic rings. The fourth-order valence-corrected chi connectivity index (χ4v) is 2.27. The molecule has 1 unspecified atom stereocenters. The molecule has 1 fully saturated rings. The second kappa shape index (κ2) is 5.41. The van der Waals surface area contributed by atoms with E-state index in [-0.39, 0.29) is 0 Å². The summed E-state index contributed by atoms with van der Waals surface area (Å²) in [6, 6.07) is 8.90. The molecule has 0 aliphatic carbocycles. The van der Waals surface area contributed by atoms with E-state index >= 15 is 0 Å². The van der Waals surface area contributed by atoms with Gasteiger partial charge in [0.25, 0.3) is 0 Å². The zero-order valence-electron chi connectivity index (χ0n) is 10.9. The normalized spacial score (nSPS) is 20.7. The van der Waals surface area contributed by atoms with Crippen LogP contribution in [0.4, 0.5) is 5.69 Å². The minimum atomic E-state index is 0.579. The van der Waals surface area contributed by atoms with Gasteiger partial charge < -0.3 is 15.0 Å². The van der Waals surface area contributed by atoms with Gasteiger partial charge in [0, 0.05) is 37.4 Å². The molecule has 0 saturated carbocycles. The summed E-state index contributed by atoms with van der Waals surface area (Å²) in [6.45, 7) is 7.74. The molecular weight excluding hydrogens is 212 g/mol. The molecule has 0 aromatic heterocycles. The van der Waals surface area contributed by atoms with Crippen molar-refractivity contribution in [2.75, 3.05) is 31.6 Å². The minimum Gasteiger partial charge on any atom is -0.497 e. The smallest absolute Gasteiger partial charge is 0.120 e. The number of hydrogen-bond donors (Lipinski definition) is 1. The predicted octanol–water partition coefficient (Wildman–Crippen LogP) is 2.13. The lowest BCUT2D eigenvalue weighted by Crippen LogP contribution is -2.52. The van der Waals surface area contributed by atoms with Gasteiger partial charge in [0.1, 0.15) is 5.75 Å². The fraction of sp³-hybridized carbons (Fsp3) is 0.571. The van der Waals surface area contributed by atoms with Gasteiger partial charge >= 0.3 is 0 Å². The molecule has 1 saturated heterocycles. The van der Waals surface area contributed by atoms with Gasteiger partial charge in [-0.25, -0.2) is 0 Å². The first kappa shape index (κ1) is 12.2. The Bertz CT molecular complexity index is 365. The highest BCUT2D eigenvalue weighted by Crippen LogP contribution is 2.22. The van der Waals surface area contributed by atoms with Crippen molar-refractivity contribution in [1.82, 2.24) is 5.32 Å². The molecule has 17 heavy (non-hydrogen) atoms. The van der Waals surface area contributed by atoms with Crippen LogP contribution in [0.25, 0.3) is 0 Å². The highest BCUT2D eigenvalue weighted by Gasteiger charge is 2.21. The minimum absolute atomic E-state index is 0.579. The summed E-state index contributed by atoms with van der Waals surface area (Å²) in [6.07, 6.45) is 0. The number of ether oxygens (including phenoxy) is 1. The van der Waals surface area contributed by atoms with Crippen LogP contribution in [0.2, 0.25) is 0 Å². The van der Waals surface area contributed by atoms with Gasteiger partial charge in [-0.3, -0.25) is 0 Å². The molecule has 2 rings (SSSR count). The van der Waals surface area contributed by atoms with E-state index < -0.39 is 0 Å². The highest BCUT2D eigenvalue weighted by atomic mass is 16.5. The highest BCUT2D eigenvalue weighted by molar-refractivity contribution is 5.51. The molecule has 1 aliphatic heterocycles. The molecule has 1 aromatic rings. The van der Waals surface area contributed by atoms with Crippen LogP contribution in [0.1, 0.15) is 13.8 Å². The van der Waals surface area contributed by atoms with Crippen LogP contribution in [0, 0.1) is 5.92 Å². The lowest BCUT2D eigenvalue weighted by atomic mass is 10.0. The third-order valence-corrected chi connectivity index (χ3v) is 3.43. The SMILES string of the molecule is COc1cccc(N2CCNC(C(C)C)C2)c1. The largest absolute Gasteiger partial charge is 0.497 e. The third kappa shape index (κ3) is 2.91. The predicted molar refractivity (Wildman–Crippen MR) is 71.8 cm³/mol. The van der Waals surface area contributed by atoms with E-state index in [0.29, 0.717) is 12.0 Å². The Morgan fingerprint density at radius 2 is 2.24 bits per heavy atom. The Labute approximate surface area is 104 Å². The van der Waals surface area contributed by atoms with Gasteiger partial charge in [-0.2, -0.15) is 0 Å². The fourth-order valence-electron chi connectivity index (χ4n) is 2.27. The summed E-state index contributed by atoms with van der Waals surface area (Å²) in [5.74, 6) is 1.60. The van der Waals surface area contributed by atoms with Crippen LogP contribution < -0.4 is 15.0 Å². The van der Waals surface area contributed by atoms with Gasteiger partial charge in [0.05, 0.1) is 7.11 Å². The number of rotatable bonds is 3. The summed E-state index contributed by atoms with van der Waals surface area (Å²) in [5, 5.41) is 3.57. The first-order chi connectivity index (χ1) is 8.20. The maximum atomic E-state index is 5.28. The average Bonchev–Trinajstić information content (AvgIpc) is 2.39. The molecule has 1 atom stereocenters. The van der Waals surface area contributed by atoms with Crippen molar-refractivity contribution in [3.8, 4) is 5.75 Å². The van der Waals surface area contributed by atoms with Gasteiger partial charge in [-0.1, -0.05) is 19.9 Å². The summed E-state index contributed by atoms with van der Waals surface area (Å²) in [4.78, 5) is 2.43. The van der Waals surface area contributed by atoms with E-state index in [2.05, 4.69) is 42.3 Å². The number of benzene rings is 1. The van der Waals surface area contributed by atoms with Gasteiger partial charge in [0.15, 0.2) is 0 Å². The molecule has 0 spiro atoms. The second-order valence-corrected chi connectivity index (χ2v) is 4.95. The van der Waals surface area contributed by atoms with Gasteiger partial charge in [0.2, 0.25) is 0 Å². The lowest BCUT2D eigenvalue weighted by Gasteiger charge is -2.37. The topological polar surface area (TPSA) is 24.5 Å². The maximum absolute atomic E-state index is 5.28. The lowest BCUT2D eigenvalue weighted by molar-refractivity contribution is 0.368. The van der Waals surface area contributed by atoms with Gasteiger partial charge in [-0.05, 0) is 18.1 Å². The Hall–Kier alpha value is -1.22. The third-order valence-electron chi connectivity index (χ3n) is 3.43. The first-order valence-corrected chi connectivity index (χ1v) is 6.33. The number of nitrogens with one attached hydrogen (secondary N) is 1. The molecule has 3 heteroatoms. The summed E-state index contributed by atoms with van der Waals surface area (Å²) < 4.78 is 5.28. The van der Waals surface area contributed by atoms with Crippen LogP contribution in [0.5, 0.6) is 5.75 Å². The van der Waals surface area contributed by atoms with E-state index in [1.165, 1.54) is 5.69 Å². The molecule has 0 bridgehead atoms. The molecule has 0 radical (unpaired) electrons. The molecule has 0 amide bonds. The van der Waals surface area contributed by atoms with Crippen LogP contribution in [0.15, 0.2) is 24.3 Å². The van der Waals surface area contributed by atoms with Crippen molar-refractivity contribution < 1.29 is 4.74 Å². The number of piperazine rings is 1. The van der Waals surface area contributed by atoms with Crippen molar-refractivity contribution in [2.24, 2.45) is 5.92 Å². The Kier molecular flexibility index (Phi) is 3.89. The van der Waals surface area contributed by atoms with E-state index in [4.69, 9.17) is 4.74 Å². The number of methoxy groups -OCH3 is 1. The molecule has 1 heterocycles. The second-order valence-electron chi connectivity index (χ2n) is 4.95. The van der Waals surface area contributed by atoms with Crippen molar-refractivity contribution in [3.63, 3.8) is 0 Å². The van der Waals surface area contributed by atoms with E-state index in [0.717, 1.165) is 25.4 Å². The molecule has 3 nitrogen and oxygen atoms in total. The van der Waals surface area contributed by atoms with E-state index in [9.17, 15) is 0 Å². The molecule has 1 aromatic carbocycles. The van der Waals surface area contributed by atoms with Gasteiger partial charge in [-0.15, -0.1) is 0 Å². The van der Waals surface area contributed by atoms with Crippen LogP contribution in [0.3, 0.4) is 0 Å². The summed E-state index contributed by atoms with van der Waals surface area (Å²) >= 11 is 0. The zero-order chi connectivity index (χ0) is 12.3. The van der Waals surface area contributed by atoms with E-state index in [1.807, 2.05) is 6.07 Å². The maximum Gasteiger partial charge on any atom is 0.120 e. The van der Waals surface area contributed by atoms with E-state index in [1.54, 1.807) is 7.11 Å². The first-order valence-electron chi connectivity index (χ1n) is 6.33. The quantitative estimate of drug-likeness (QED) is 0.867. The van der Waals surface area contributed by atoms with Crippen LogP contribution in [-0.4, -0.2) is 32.8 Å². The monoisotopic (exact) mass is 234 g/mol. The van der Waals surface area contributed by atoms with Crippen molar-refractivity contribution in [2.45, 2.75) is 19.9 Å². The number of hydrogen-bond acceptors (Lipinski definition) is 3. The van der Waals surface area contributed by atoms with Crippen molar-refractivity contribution >= 4 is 5.69 Å². The Morgan fingerprint density at radius 1 is 1.41 bits per heavy atom. The summed E-state index contributed by atoms with van der Waals surface area (Å²) in [5.41, 5.74) is 1.26. The van der Waals surface area contributed by atoms with Crippen molar-refractivity contribution in [1.29, 1.82) is 0 Å². The number of nitrogens with zero attached hydrogens (tertiary/aromatic N) is 1. The Balaban J connectivity index is 2.10. The van der Waals surface area contributed by atoms with Crippen molar-refractivity contribution in [3.05, 3.63) is 24.3 Å². The summed E-state index contributed by atoms with van der Waals surface area (Å²) in [7, 11) is 1.72. The molecular formula is C14H22N2O. The Morgan fingerprint density at radius 3 is 2.94 bits per heavy atom. The number of anilines is 1. The van der Waals surface area contributed by atoms with Crippen LogP contribution in [-0.2, 0) is 0 Å². The average molecular weight is 234 g/mol. The molecule has 94 valence electrons. The zero-order valence-corrected chi connectivity index (χ0v) is 10.9. The molecule has 1 N–H and O–H groups in total. The van der Waals surface area contributed by atoms with Crippen LogP contribution >= 0.6 is 0 Å².